The first kappa shape index (κ1) is 16.3. The number of rotatable bonds is 6. The summed E-state index contributed by atoms with van der Waals surface area (Å²) in [4.78, 5) is 24.1. The lowest BCUT2D eigenvalue weighted by molar-refractivity contribution is -0.123. The van der Waals surface area contributed by atoms with Gasteiger partial charge in [0, 0.05) is 12.3 Å². The van der Waals surface area contributed by atoms with Crippen molar-refractivity contribution in [2.24, 2.45) is 11.8 Å². The summed E-state index contributed by atoms with van der Waals surface area (Å²) in [5, 5.41) is 6.13. The number of ether oxygens (including phenoxy) is 2. The highest BCUT2D eigenvalue weighted by Crippen LogP contribution is 2.32. The quantitative estimate of drug-likeness (QED) is 0.762. The molecular weight excluding hydrogens is 308 g/mol. The number of hydrogen-bond acceptors (Lipinski definition) is 4. The van der Waals surface area contributed by atoms with Gasteiger partial charge in [-0.3, -0.25) is 9.59 Å². The summed E-state index contributed by atoms with van der Waals surface area (Å²) in [5.41, 5.74) is 0. The van der Waals surface area contributed by atoms with E-state index in [1.807, 2.05) is 0 Å². The first-order valence-electron chi connectivity index (χ1n) is 9.53. The zero-order valence-corrected chi connectivity index (χ0v) is 14.2. The molecule has 2 saturated carbocycles. The van der Waals surface area contributed by atoms with E-state index in [-0.39, 0.29) is 42.0 Å². The lowest BCUT2D eigenvalue weighted by atomic mass is 10.0. The summed E-state index contributed by atoms with van der Waals surface area (Å²) < 4.78 is 11.7. The molecular formula is C18H28N2O4. The summed E-state index contributed by atoms with van der Waals surface area (Å²) in [5.74, 6) is 1.15. The molecule has 0 bridgehead atoms. The molecule has 6 heteroatoms. The minimum atomic E-state index is -0.134. The second kappa shape index (κ2) is 7.00. The largest absolute Gasteiger partial charge is 0.371 e. The van der Waals surface area contributed by atoms with Crippen molar-refractivity contribution >= 4 is 11.8 Å². The SMILES string of the molecule is O=C(CCC1CCCC1)NC1COC2C(NC(=O)C3CC3)COC12. The lowest BCUT2D eigenvalue weighted by Crippen LogP contribution is -2.47. The van der Waals surface area contributed by atoms with Gasteiger partial charge in [0.25, 0.3) is 0 Å². The van der Waals surface area contributed by atoms with Crippen LogP contribution in [0.4, 0.5) is 0 Å². The summed E-state index contributed by atoms with van der Waals surface area (Å²) >= 11 is 0. The standard InChI is InChI=1S/C18H28N2O4/c21-15(8-5-11-3-1-2-4-11)19-13-9-23-17-14(10-24-16(13)17)20-18(22)12-6-7-12/h11-14,16-17H,1-10H2,(H,19,21)(H,20,22). The molecule has 0 spiro atoms. The van der Waals surface area contributed by atoms with E-state index in [1.165, 1.54) is 25.7 Å². The maximum absolute atomic E-state index is 12.2. The Morgan fingerprint density at radius 2 is 1.50 bits per heavy atom. The van der Waals surface area contributed by atoms with Crippen molar-refractivity contribution in [3.8, 4) is 0 Å². The van der Waals surface area contributed by atoms with Crippen molar-refractivity contribution in [1.82, 2.24) is 10.6 Å². The first-order chi connectivity index (χ1) is 11.7. The van der Waals surface area contributed by atoms with Crippen LogP contribution in [0, 0.1) is 11.8 Å². The van der Waals surface area contributed by atoms with Gasteiger partial charge in [-0.05, 0) is 25.2 Å². The smallest absolute Gasteiger partial charge is 0.223 e. The Morgan fingerprint density at radius 3 is 2.12 bits per heavy atom. The number of amides is 2. The van der Waals surface area contributed by atoms with E-state index in [4.69, 9.17) is 9.47 Å². The molecule has 4 unspecified atom stereocenters. The summed E-state index contributed by atoms with van der Waals surface area (Å²) in [6.07, 6.45) is 8.49. The zero-order chi connectivity index (χ0) is 16.5. The van der Waals surface area contributed by atoms with Crippen LogP contribution in [0.1, 0.15) is 51.4 Å². The third kappa shape index (κ3) is 3.59. The zero-order valence-electron chi connectivity index (χ0n) is 14.2. The van der Waals surface area contributed by atoms with E-state index in [0.29, 0.717) is 19.6 Å². The lowest BCUT2D eigenvalue weighted by Gasteiger charge is -2.18. The highest BCUT2D eigenvalue weighted by Gasteiger charge is 2.49. The van der Waals surface area contributed by atoms with E-state index in [9.17, 15) is 9.59 Å². The van der Waals surface area contributed by atoms with Crippen LogP contribution in [0.3, 0.4) is 0 Å². The van der Waals surface area contributed by atoms with Crippen molar-refractivity contribution in [1.29, 1.82) is 0 Å². The molecule has 4 aliphatic rings. The molecule has 4 rings (SSSR count). The average molecular weight is 336 g/mol. The van der Waals surface area contributed by atoms with Crippen LogP contribution >= 0.6 is 0 Å². The Morgan fingerprint density at radius 1 is 0.875 bits per heavy atom. The van der Waals surface area contributed by atoms with Crippen molar-refractivity contribution in [3.63, 3.8) is 0 Å². The maximum atomic E-state index is 12.2. The normalized spacial score (nSPS) is 35.8. The van der Waals surface area contributed by atoms with Crippen LogP contribution in [0.15, 0.2) is 0 Å². The van der Waals surface area contributed by atoms with Crippen LogP contribution in [-0.2, 0) is 19.1 Å². The minimum absolute atomic E-state index is 0.0801. The molecule has 0 aromatic carbocycles. The van der Waals surface area contributed by atoms with Crippen molar-refractivity contribution in [2.75, 3.05) is 13.2 Å². The molecule has 2 aliphatic heterocycles. The molecule has 6 nitrogen and oxygen atoms in total. The topological polar surface area (TPSA) is 76.7 Å². The molecule has 4 fully saturated rings. The molecule has 2 amide bonds. The Kier molecular flexibility index (Phi) is 4.77. The number of carbonyl (C=O) groups excluding carboxylic acids is 2. The van der Waals surface area contributed by atoms with Crippen LogP contribution in [0.5, 0.6) is 0 Å². The van der Waals surface area contributed by atoms with Gasteiger partial charge < -0.3 is 20.1 Å². The fourth-order valence-corrected chi connectivity index (χ4v) is 4.31. The highest BCUT2D eigenvalue weighted by atomic mass is 16.6. The summed E-state index contributed by atoms with van der Waals surface area (Å²) in [6, 6.07) is -0.169. The minimum Gasteiger partial charge on any atom is -0.371 e. The van der Waals surface area contributed by atoms with Gasteiger partial charge in [0.15, 0.2) is 0 Å². The van der Waals surface area contributed by atoms with Crippen LogP contribution in [0.2, 0.25) is 0 Å². The van der Waals surface area contributed by atoms with E-state index in [2.05, 4.69) is 10.6 Å². The number of fused-ring (bicyclic) bond motifs is 1. The van der Waals surface area contributed by atoms with Crippen molar-refractivity contribution < 1.29 is 19.1 Å². The monoisotopic (exact) mass is 336 g/mol. The molecule has 0 aromatic heterocycles. The third-order valence-corrected chi connectivity index (χ3v) is 5.93. The van der Waals surface area contributed by atoms with E-state index in [1.54, 1.807) is 0 Å². The average Bonchev–Trinajstić information content (AvgIpc) is 2.98. The van der Waals surface area contributed by atoms with Crippen molar-refractivity contribution in [2.45, 2.75) is 75.7 Å². The van der Waals surface area contributed by atoms with Gasteiger partial charge in [-0.15, -0.1) is 0 Å². The number of hydrogen-bond donors (Lipinski definition) is 2. The van der Waals surface area contributed by atoms with Crippen LogP contribution in [-0.4, -0.2) is 49.3 Å². The van der Waals surface area contributed by atoms with Crippen LogP contribution in [0.25, 0.3) is 0 Å². The van der Waals surface area contributed by atoms with Crippen LogP contribution < -0.4 is 10.6 Å². The third-order valence-electron chi connectivity index (χ3n) is 5.93. The molecule has 24 heavy (non-hydrogen) atoms. The molecule has 4 atom stereocenters. The molecule has 134 valence electrons. The summed E-state index contributed by atoms with van der Waals surface area (Å²) in [7, 11) is 0. The van der Waals surface area contributed by atoms with E-state index < -0.39 is 0 Å². The van der Waals surface area contributed by atoms with Gasteiger partial charge in [-0.2, -0.15) is 0 Å². The fraction of sp³-hybridized carbons (Fsp3) is 0.889. The molecule has 2 saturated heterocycles. The molecule has 0 aromatic rings. The number of carbonyl (C=O) groups is 2. The second-order valence-electron chi connectivity index (χ2n) is 7.85. The number of nitrogens with one attached hydrogen (secondary N) is 2. The van der Waals surface area contributed by atoms with Gasteiger partial charge in [0.2, 0.25) is 11.8 Å². The molecule has 2 heterocycles. The second-order valence-corrected chi connectivity index (χ2v) is 7.85. The molecule has 0 radical (unpaired) electrons. The van der Waals surface area contributed by atoms with Gasteiger partial charge >= 0.3 is 0 Å². The van der Waals surface area contributed by atoms with Gasteiger partial charge in [0.1, 0.15) is 12.2 Å². The van der Waals surface area contributed by atoms with Crippen molar-refractivity contribution in [3.05, 3.63) is 0 Å². The van der Waals surface area contributed by atoms with Gasteiger partial charge in [-0.1, -0.05) is 25.7 Å². The fourth-order valence-electron chi connectivity index (χ4n) is 4.31. The Bertz CT molecular complexity index is 487. The highest BCUT2D eigenvalue weighted by molar-refractivity contribution is 5.81. The predicted molar refractivity (Wildman–Crippen MR) is 87.3 cm³/mol. The summed E-state index contributed by atoms with van der Waals surface area (Å²) in [6.45, 7) is 0.947. The van der Waals surface area contributed by atoms with Gasteiger partial charge in [0.05, 0.1) is 25.3 Å². The Labute approximate surface area is 143 Å². The maximum Gasteiger partial charge on any atom is 0.223 e. The predicted octanol–water partition coefficient (Wildman–Crippen LogP) is 1.13. The van der Waals surface area contributed by atoms with E-state index in [0.717, 1.165) is 25.2 Å². The molecule has 2 N–H and O–H groups in total. The van der Waals surface area contributed by atoms with E-state index >= 15 is 0 Å². The Balaban J connectivity index is 1.22. The first-order valence-corrected chi connectivity index (χ1v) is 9.53. The van der Waals surface area contributed by atoms with Gasteiger partial charge in [-0.25, -0.2) is 0 Å². The molecule has 2 aliphatic carbocycles. The Hall–Kier alpha value is -1.14.